The maximum atomic E-state index is 11.8. The summed E-state index contributed by atoms with van der Waals surface area (Å²) >= 11 is 5.86. The smallest absolute Gasteiger partial charge is 0.225 e. The second-order valence-electron chi connectivity index (χ2n) is 4.74. The number of amides is 1. The van der Waals surface area contributed by atoms with Gasteiger partial charge in [0, 0.05) is 24.0 Å². The van der Waals surface area contributed by atoms with E-state index in [4.69, 9.17) is 17.3 Å². The van der Waals surface area contributed by atoms with E-state index < -0.39 is 0 Å². The predicted molar refractivity (Wildman–Crippen MR) is 74.8 cm³/mol. The minimum Gasteiger partial charge on any atom is -0.397 e. The maximum Gasteiger partial charge on any atom is 0.225 e. The maximum absolute atomic E-state index is 11.8. The lowest BCUT2D eigenvalue weighted by molar-refractivity contribution is -0.116. The van der Waals surface area contributed by atoms with E-state index in [1.54, 1.807) is 18.2 Å². The van der Waals surface area contributed by atoms with Crippen LogP contribution in [0.2, 0.25) is 5.02 Å². The van der Waals surface area contributed by atoms with Gasteiger partial charge in [0.25, 0.3) is 0 Å². The standard InChI is InChI=1S/C13H18ClN3O/c1-17(10-3-4-10)7-6-13(18)16-12-8-9(14)2-5-11(12)15/h2,5,8,10H,3-4,6-7,15H2,1H3,(H,16,18). The van der Waals surface area contributed by atoms with Crippen LogP contribution in [-0.2, 0) is 4.79 Å². The van der Waals surface area contributed by atoms with Crippen LogP contribution in [0.4, 0.5) is 11.4 Å². The Bertz CT molecular complexity index is 446. The molecule has 1 aromatic rings. The van der Waals surface area contributed by atoms with Gasteiger partial charge in [0.2, 0.25) is 5.91 Å². The lowest BCUT2D eigenvalue weighted by atomic mass is 10.2. The topological polar surface area (TPSA) is 58.4 Å². The fourth-order valence-corrected chi connectivity index (χ4v) is 2.00. The van der Waals surface area contributed by atoms with Gasteiger partial charge in [-0.15, -0.1) is 0 Å². The van der Waals surface area contributed by atoms with Crippen LogP contribution >= 0.6 is 11.6 Å². The summed E-state index contributed by atoms with van der Waals surface area (Å²) in [5.41, 5.74) is 6.88. The molecule has 0 aliphatic heterocycles. The average molecular weight is 268 g/mol. The highest BCUT2D eigenvalue weighted by molar-refractivity contribution is 6.31. The lowest BCUT2D eigenvalue weighted by Gasteiger charge is -2.15. The molecule has 1 saturated carbocycles. The van der Waals surface area contributed by atoms with Crippen molar-refractivity contribution in [1.82, 2.24) is 4.90 Å². The van der Waals surface area contributed by atoms with Crippen molar-refractivity contribution in [3.63, 3.8) is 0 Å². The van der Waals surface area contributed by atoms with E-state index in [0.29, 0.717) is 28.9 Å². The summed E-state index contributed by atoms with van der Waals surface area (Å²) in [7, 11) is 2.05. The van der Waals surface area contributed by atoms with Gasteiger partial charge in [-0.2, -0.15) is 0 Å². The molecule has 1 amide bonds. The van der Waals surface area contributed by atoms with Gasteiger partial charge in [-0.05, 0) is 38.1 Å². The van der Waals surface area contributed by atoms with E-state index in [1.165, 1.54) is 12.8 Å². The molecular formula is C13H18ClN3O. The fraction of sp³-hybridized carbons (Fsp3) is 0.462. The summed E-state index contributed by atoms with van der Waals surface area (Å²) in [6.07, 6.45) is 2.97. The van der Waals surface area contributed by atoms with Gasteiger partial charge in [0.05, 0.1) is 11.4 Å². The van der Waals surface area contributed by atoms with Crippen molar-refractivity contribution in [3.8, 4) is 0 Å². The number of rotatable bonds is 5. The third-order valence-electron chi connectivity index (χ3n) is 3.15. The molecule has 0 heterocycles. The Hall–Kier alpha value is -1.26. The van der Waals surface area contributed by atoms with Crippen molar-refractivity contribution in [1.29, 1.82) is 0 Å². The number of nitrogens with two attached hydrogens (primary N) is 1. The summed E-state index contributed by atoms with van der Waals surface area (Å²) in [5.74, 6) is -0.0310. The largest absolute Gasteiger partial charge is 0.397 e. The summed E-state index contributed by atoms with van der Waals surface area (Å²) in [6, 6.07) is 5.73. The SMILES string of the molecule is CN(CCC(=O)Nc1cc(Cl)ccc1N)C1CC1. The van der Waals surface area contributed by atoms with E-state index in [-0.39, 0.29) is 5.91 Å². The van der Waals surface area contributed by atoms with Crippen LogP contribution in [0.15, 0.2) is 18.2 Å². The molecule has 0 spiro atoms. The third-order valence-corrected chi connectivity index (χ3v) is 3.39. The van der Waals surface area contributed by atoms with Crippen molar-refractivity contribution in [3.05, 3.63) is 23.2 Å². The number of nitrogens with zero attached hydrogens (tertiary/aromatic N) is 1. The second kappa shape index (κ2) is 5.59. The first kappa shape index (κ1) is 13.2. The minimum atomic E-state index is -0.0310. The normalized spacial score (nSPS) is 14.8. The van der Waals surface area contributed by atoms with Gasteiger partial charge >= 0.3 is 0 Å². The Morgan fingerprint density at radius 2 is 2.28 bits per heavy atom. The van der Waals surface area contributed by atoms with Crippen molar-refractivity contribution >= 4 is 28.9 Å². The minimum absolute atomic E-state index is 0.0310. The molecule has 18 heavy (non-hydrogen) atoms. The molecule has 5 heteroatoms. The molecule has 3 N–H and O–H groups in total. The Morgan fingerprint density at radius 3 is 2.94 bits per heavy atom. The Balaban J connectivity index is 1.84. The fourth-order valence-electron chi connectivity index (χ4n) is 1.83. The average Bonchev–Trinajstić information content (AvgIpc) is 3.15. The molecule has 4 nitrogen and oxygen atoms in total. The number of nitrogens with one attached hydrogen (secondary N) is 1. The van der Waals surface area contributed by atoms with Gasteiger partial charge in [-0.3, -0.25) is 4.79 Å². The lowest BCUT2D eigenvalue weighted by Crippen LogP contribution is -2.26. The number of anilines is 2. The van der Waals surface area contributed by atoms with Gasteiger partial charge in [0.1, 0.15) is 0 Å². The summed E-state index contributed by atoms with van der Waals surface area (Å²) < 4.78 is 0. The van der Waals surface area contributed by atoms with Gasteiger partial charge in [-0.25, -0.2) is 0 Å². The molecule has 0 unspecified atom stereocenters. The summed E-state index contributed by atoms with van der Waals surface area (Å²) in [5, 5.41) is 3.36. The quantitative estimate of drug-likeness (QED) is 0.805. The van der Waals surface area contributed by atoms with Crippen molar-refractivity contribution in [2.24, 2.45) is 0 Å². The van der Waals surface area contributed by atoms with E-state index >= 15 is 0 Å². The first-order valence-electron chi connectivity index (χ1n) is 6.11. The molecule has 0 aromatic heterocycles. The molecule has 0 atom stereocenters. The molecule has 0 bridgehead atoms. The zero-order valence-electron chi connectivity index (χ0n) is 10.4. The molecule has 1 fully saturated rings. The van der Waals surface area contributed by atoms with E-state index in [1.807, 2.05) is 0 Å². The van der Waals surface area contributed by atoms with Crippen LogP contribution in [0.5, 0.6) is 0 Å². The van der Waals surface area contributed by atoms with Crippen LogP contribution in [0, 0.1) is 0 Å². The Kier molecular flexibility index (Phi) is 4.09. The van der Waals surface area contributed by atoms with Crippen LogP contribution in [-0.4, -0.2) is 30.4 Å². The van der Waals surface area contributed by atoms with Crippen LogP contribution < -0.4 is 11.1 Å². The molecule has 1 aliphatic carbocycles. The van der Waals surface area contributed by atoms with Crippen molar-refractivity contribution in [2.75, 3.05) is 24.6 Å². The summed E-state index contributed by atoms with van der Waals surface area (Å²) in [4.78, 5) is 14.0. The number of halogens is 1. The number of benzene rings is 1. The highest BCUT2D eigenvalue weighted by Crippen LogP contribution is 2.25. The molecule has 1 aliphatic rings. The second-order valence-corrected chi connectivity index (χ2v) is 5.18. The highest BCUT2D eigenvalue weighted by Gasteiger charge is 2.25. The van der Waals surface area contributed by atoms with Crippen LogP contribution in [0.25, 0.3) is 0 Å². The zero-order valence-corrected chi connectivity index (χ0v) is 11.2. The highest BCUT2D eigenvalue weighted by atomic mass is 35.5. The van der Waals surface area contributed by atoms with E-state index in [9.17, 15) is 4.79 Å². The molecule has 0 saturated heterocycles. The molecule has 98 valence electrons. The van der Waals surface area contributed by atoms with E-state index in [0.717, 1.165) is 6.54 Å². The molecular weight excluding hydrogens is 250 g/mol. The number of nitrogen functional groups attached to an aromatic ring is 1. The number of carbonyl (C=O) groups is 1. The first-order valence-corrected chi connectivity index (χ1v) is 6.49. The van der Waals surface area contributed by atoms with Crippen molar-refractivity contribution < 1.29 is 4.79 Å². The third kappa shape index (κ3) is 3.62. The molecule has 0 radical (unpaired) electrons. The zero-order chi connectivity index (χ0) is 13.1. The Labute approximate surface area is 112 Å². The van der Waals surface area contributed by atoms with Gasteiger partial charge in [-0.1, -0.05) is 11.6 Å². The molecule has 2 rings (SSSR count). The van der Waals surface area contributed by atoms with Gasteiger partial charge in [0.15, 0.2) is 0 Å². The Morgan fingerprint density at radius 1 is 1.56 bits per heavy atom. The molecule has 1 aromatic carbocycles. The predicted octanol–water partition coefficient (Wildman–Crippen LogP) is 2.35. The monoisotopic (exact) mass is 267 g/mol. The number of hydrogen-bond acceptors (Lipinski definition) is 3. The number of hydrogen-bond donors (Lipinski definition) is 2. The van der Waals surface area contributed by atoms with Crippen LogP contribution in [0.1, 0.15) is 19.3 Å². The first-order chi connectivity index (χ1) is 8.56. The summed E-state index contributed by atoms with van der Waals surface area (Å²) in [6.45, 7) is 0.775. The number of carbonyl (C=O) groups excluding carboxylic acids is 1. The van der Waals surface area contributed by atoms with Crippen LogP contribution in [0.3, 0.4) is 0 Å². The van der Waals surface area contributed by atoms with Crippen molar-refractivity contribution in [2.45, 2.75) is 25.3 Å². The van der Waals surface area contributed by atoms with E-state index in [2.05, 4.69) is 17.3 Å². The van der Waals surface area contributed by atoms with Gasteiger partial charge < -0.3 is 16.0 Å².